The summed E-state index contributed by atoms with van der Waals surface area (Å²) < 4.78 is 49.2. The Morgan fingerprint density at radius 1 is 1.24 bits per heavy atom. The van der Waals surface area contributed by atoms with Crippen molar-refractivity contribution in [1.29, 1.82) is 0 Å². The van der Waals surface area contributed by atoms with E-state index >= 15 is 0 Å². The average molecular weight is 423 g/mol. The highest BCUT2D eigenvalue weighted by molar-refractivity contribution is 7.89. The molecular weight excluding hydrogens is 395 g/mol. The Bertz CT molecular complexity index is 1030. The van der Waals surface area contributed by atoms with Crippen molar-refractivity contribution in [3.05, 3.63) is 41.5 Å². The number of hydrogen-bond donors (Lipinski definition) is 0. The third-order valence-electron chi connectivity index (χ3n) is 6.52. The molecule has 1 aromatic heterocycles. The smallest absolute Gasteiger partial charge is 0.246 e. The first kappa shape index (κ1) is 20.3. The van der Waals surface area contributed by atoms with Crippen LogP contribution in [0.5, 0.6) is 0 Å². The molecule has 2 aromatic rings. The second-order valence-corrected chi connectivity index (χ2v) is 9.82. The van der Waals surface area contributed by atoms with Crippen LogP contribution in [0.1, 0.15) is 24.2 Å². The number of methoxy groups -OCH3 is 1. The lowest BCUT2D eigenvalue weighted by molar-refractivity contribution is -0.0383. The number of halogens is 1. The molecule has 1 aromatic carbocycles. The van der Waals surface area contributed by atoms with Gasteiger partial charge in [0.2, 0.25) is 10.0 Å². The molecule has 2 aliphatic heterocycles. The molecule has 0 radical (unpaired) electrons. The molecule has 1 spiro atoms. The fourth-order valence-electron chi connectivity index (χ4n) is 4.84. The van der Waals surface area contributed by atoms with E-state index in [-0.39, 0.29) is 17.5 Å². The molecule has 0 aliphatic carbocycles. The summed E-state index contributed by atoms with van der Waals surface area (Å²) in [5.74, 6) is -0.277. The summed E-state index contributed by atoms with van der Waals surface area (Å²) in [5.41, 5.74) is 1.66. The summed E-state index contributed by atoms with van der Waals surface area (Å²) in [4.78, 5) is 2.46. The zero-order valence-corrected chi connectivity index (χ0v) is 18.0. The van der Waals surface area contributed by atoms with Crippen molar-refractivity contribution in [2.45, 2.75) is 43.2 Å². The lowest BCUT2D eigenvalue weighted by atomic mass is 9.73. The number of aryl methyl sites for hydroxylation is 2. The van der Waals surface area contributed by atoms with Crippen LogP contribution in [0.15, 0.2) is 29.2 Å². The van der Waals surface area contributed by atoms with E-state index in [2.05, 4.69) is 10.00 Å². The maximum absolute atomic E-state index is 13.8. The first-order valence-electron chi connectivity index (χ1n) is 9.77. The number of hydrogen-bond acceptors (Lipinski definition) is 5. The van der Waals surface area contributed by atoms with E-state index in [9.17, 15) is 12.8 Å². The maximum atomic E-state index is 13.8. The first-order chi connectivity index (χ1) is 13.7. The number of anilines is 1. The third kappa shape index (κ3) is 3.06. The van der Waals surface area contributed by atoms with E-state index in [1.54, 1.807) is 43.1 Å². The van der Waals surface area contributed by atoms with Gasteiger partial charge in [-0.3, -0.25) is 4.68 Å². The van der Waals surface area contributed by atoms with Gasteiger partial charge < -0.3 is 9.64 Å². The molecule has 2 saturated heterocycles. The molecule has 0 saturated carbocycles. The molecule has 2 aliphatic rings. The van der Waals surface area contributed by atoms with Gasteiger partial charge in [0.1, 0.15) is 10.7 Å². The minimum Gasteiger partial charge on any atom is -0.377 e. The van der Waals surface area contributed by atoms with Crippen molar-refractivity contribution in [2.75, 3.05) is 31.6 Å². The molecule has 1 unspecified atom stereocenters. The van der Waals surface area contributed by atoms with Gasteiger partial charge in [-0.1, -0.05) is 6.07 Å². The van der Waals surface area contributed by atoms with Gasteiger partial charge in [0.05, 0.1) is 23.0 Å². The lowest BCUT2D eigenvalue weighted by Gasteiger charge is -2.61. The van der Waals surface area contributed by atoms with Gasteiger partial charge in [-0.05, 0) is 44.9 Å². The van der Waals surface area contributed by atoms with Crippen molar-refractivity contribution in [2.24, 2.45) is 7.05 Å². The number of aromatic nitrogens is 2. The van der Waals surface area contributed by atoms with Gasteiger partial charge in [0.15, 0.2) is 0 Å². The second-order valence-electron chi connectivity index (χ2n) is 7.95. The van der Waals surface area contributed by atoms with Gasteiger partial charge >= 0.3 is 0 Å². The predicted molar refractivity (Wildman–Crippen MR) is 108 cm³/mol. The highest BCUT2D eigenvalue weighted by Crippen LogP contribution is 2.45. The largest absolute Gasteiger partial charge is 0.377 e. The van der Waals surface area contributed by atoms with E-state index in [1.165, 1.54) is 12.1 Å². The van der Waals surface area contributed by atoms with E-state index < -0.39 is 10.0 Å². The van der Waals surface area contributed by atoms with Crippen LogP contribution in [-0.4, -0.2) is 60.9 Å². The standard InChI is InChI=1S/C20H27FN4O3S/c1-14-19(15(2)23(3)22-14)29(26,27)24-10-8-20(9-11-24)18(28-4)13-25(20)17-7-5-6-16(21)12-17/h5-7,12,18H,8-11,13H2,1-4H3. The predicted octanol–water partition coefficient (Wildman–Crippen LogP) is 2.23. The van der Waals surface area contributed by atoms with Gasteiger partial charge in [0.25, 0.3) is 0 Å². The molecular formula is C20H27FN4O3S. The molecule has 0 N–H and O–H groups in total. The molecule has 7 nitrogen and oxygen atoms in total. The van der Waals surface area contributed by atoms with Crippen molar-refractivity contribution in [3.63, 3.8) is 0 Å². The van der Waals surface area contributed by atoms with Gasteiger partial charge in [0, 0.05) is 39.5 Å². The fraction of sp³-hybridized carbons (Fsp3) is 0.550. The number of benzene rings is 1. The highest BCUT2D eigenvalue weighted by Gasteiger charge is 2.56. The van der Waals surface area contributed by atoms with Gasteiger partial charge in [-0.25, -0.2) is 12.8 Å². The molecule has 4 rings (SSSR count). The fourth-order valence-corrected chi connectivity index (χ4v) is 6.68. The SMILES string of the molecule is COC1CN(c2cccc(F)c2)C12CCN(S(=O)(=O)c1c(C)nn(C)c1C)CC2. The third-order valence-corrected chi connectivity index (χ3v) is 8.67. The van der Waals surface area contributed by atoms with E-state index in [1.807, 2.05) is 6.07 Å². The van der Waals surface area contributed by atoms with Crippen LogP contribution in [0.4, 0.5) is 10.1 Å². The molecule has 2 fully saturated rings. The van der Waals surface area contributed by atoms with E-state index in [4.69, 9.17) is 4.74 Å². The molecule has 29 heavy (non-hydrogen) atoms. The lowest BCUT2D eigenvalue weighted by Crippen LogP contribution is -2.74. The summed E-state index contributed by atoms with van der Waals surface area (Å²) >= 11 is 0. The Morgan fingerprint density at radius 3 is 2.48 bits per heavy atom. The van der Waals surface area contributed by atoms with Crippen LogP contribution in [0.25, 0.3) is 0 Å². The second kappa shape index (κ2) is 7.07. The van der Waals surface area contributed by atoms with Gasteiger partial charge in [-0.15, -0.1) is 0 Å². The van der Waals surface area contributed by atoms with Crippen molar-refractivity contribution in [3.8, 4) is 0 Å². The number of ether oxygens (including phenoxy) is 1. The molecule has 158 valence electrons. The number of sulfonamides is 1. The topological polar surface area (TPSA) is 67.7 Å². The molecule has 0 amide bonds. The Kier molecular flexibility index (Phi) is 4.95. The van der Waals surface area contributed by atoms with Crippen LogP contribution < -0.4 is 4.90 Å². The van der Waals surface area contributed by atoms with Crippen molar-refractivity contribution < 1.29 is 17.5 Å². The van der Waals surface area contributed by atoms with Crippen LogP contribution in [0, 0.1) is 19.7 Å². The van der Waals surface area contributed by atoms with Gasteiger partial charge in [-0.2, -0.15) is 9.40 Å². The molecule has 9 heteroatoms. The van der Waals surface area contributed by atoms with Crippen LogP contribution in [0.3, 0.4) is 0 Å². The summed E-state index contributed by atoms with van der Waals surface area (Å²) in [7, 11) is -0.187. The number of piperidine rings is 1. The average Bonchev–Trinajstić information content (AvgIpc) is 2.93. The van der Waals surface area contributed by atoms with Crippen LogP contribution >= 0.6 is 0 Å². The number of nitrogens with zero attached hydrogens (tertiary/aromatic N) is 4. The minimum absolute atomic E-state index is 0.00233. The zero-order valence-electron chi connectivity index (χ0n) is 17.2. The Labute approximate surface area is 171 Å². The summed E-state index contributed by atoms with van der Waals surface area (Å²) in [6.45, 7) is 4.96. The summed E-state index contributed by atoms with van der Waals surface area (Å²) in [6, 6.07) is 6.55. The summed E-state index contributed by atoms with van der Waals surface area (Å²) in [6.07, 6.45) is 1.25. The van der Waals surface area contributed by atoms with Crippen molar-refractivity contribution in [1.82, 2.24) is 14.1 Å². The number of rotatable bonds is 4. The normalized spacial score (nSPS) is 22.1. The Hall–Kier alpha value is -1.97. The molecule has 1 atom stereocenters. The van der Waals surface area contributed by atoms with Crippen LogP contribution in [0.2, 0.25) is 0 Å². The van der Waals surface area contributed by atoms with Crippen molar-refractivity contribution >= 4 is 15.7 Å². The summed E-state index contributed by atoms with van der Waals surface area (Å²) in [5, 5.41) is 4.26. The first-order valence-corrected chi connectivity index (χ1v) is 11.2. The minimum atomic E-state index is -3.62. The molecule has 3 heterocycles. The van der Waals surface area contributed by atoms with E-state index in [0.29, 0.717) is 48.8 Å². The zero-order chi connectivity index (χ0) is 21.0. The Balaban J connectivity index is 1.59. The van der Waals surface area contributed by atoms with Crippen LogP contribution in [-0.2, 0) is 21.8 Å². The van der Waals surface area contributed by atoms with E-state index in [0.717, 1.165) is 5.69 Å². The molecule has 0 bridgehead atoms. The Morgan fingerprint density at radius 2 is 1.93 bits per heavy atom. The highest BCUT2D eigenvalue weighted by atomic mass is 32.2. The monoisotopic (exact) mass is 422 g/mol. The quantitative estimate of drug-likeness (QED) is 0.756. The maximum Gasteiger partial charge on any atom is 0.246 e.